The highest BCUT2D eigenvalue weighted by Gasteiger charge is 2.30. The van der Waals surface area contributed by atoms with Crippen LogP contribution in [0.4, 0.5) is 11.5 Å². The van der Waals surface area contributed by atoms with E-state index in [0.717, 1.165) is 69.4 Å². The fourth-order valence-corrected chi connectivity index (χ4v) is 5.75. The third-order valence-corrected chi connectivity index (χ3v) is 7.59. The molecule has 6 rings (SSSR count). The fourth-order valence-electron chi connectivity index (χ4n) is 5.75. The van der Waals surface area contributed by atoms with Crippen molar-refractivity contribution in [3.05, 3.63) is 53.5 Å². The number of benzene rings is 1. The minimum atomic E-state index is 0.105. The summed E-state index contributed by atoms with van der Waals surface area (Å²) in [4.78, 5) is 21.2. The number of nitriles is 1. The number of nitrogens with one attached hydrogen (secondary N) is 1. The maximum atomic E-state index is 9.48. The summed E-state index contributed by atoms with van der Waals surface area (Å²) < 4.78 is 6.37. The molecule has 3 aliphatic rings. The van der Waals surface area contributed by atoms with Gasteiger partial charge in [-0.1, -0.05) is 6.07 Å². The van der Waals surface area contributed by atoms with Gasteiger partial charge in [-0.25, -0.2) is 4.98 Å². The maximum absolute atomic E-state index is 9.48. The monoisotopic (exact) mass is 484 g/mol. The van der Waals surface area contributed by atoms with Crippen molar-refractivity contribution in [2.75, 3.05) is 55.6 Å². The molecule has 0 spiro atoms. The molecule has 1 aromatic carbocycles. The molecule has 0 radical (unpaired) electrons. The summed E-state index contributed by atoms with van der Waals surface area (Å²) in [5.74, 6) is 1.09. The van der Waals surface area contributed by atoms with Crippen molar-refractivity contribution in [3.8, 4) is 6.07 Å². The minimum absolute atomic E-state index is 0.105. The van der Waals surface area contributed by atoms with E-state index >= 15 is 0 Å². The van der Waals surface area contributed by atoms with Crippen molar-refractivity contribution < 1.29 is 4.74 Å². The molecule has 0 aliphatic carbocycles. The van der Waals surface area contributed by atoms with Crippen LogP contribution in [-0.4, -0.2) is 77.9 Å². The van der Waals surface area contributed by atoms with Gasteiger partial charge in [0.1, 0.15) is 22.9 Å². The van der Waals surface area contributed by atoms with Crippen LogP contribution in [0.1, 0.15) is 36.7 Å². The molecule has 0 amide bonds. The molecule has 2 fully saturated rings. The molecular formula is C27H32N8O. The van der Waals surface area contributed by atoms with Crippen LogP contribution in [0.15, 0.2) is 36.7 Å². The topological polar surface area (TPSA) is 93.4 Å². The van der Waals surface area contributed by atoms with E-state index in [9.17, 15) is 5.26 Å². The highest BCUT2D eigenvalue weighted by atomic mass is 16.5. The lowest BCUT2D eigenvalue weighted by atomic mass is 10.1. The lowest BCUT2D eigenvalue weighted by molar-refractivity contribution is -0.0327. The van der Waals surface area contributed by atoms with Crippen molar-refractivity contribution in [1.29, 1.82) is 5.26 Å². The summed E-state index contributed by atoms with van der Waals surface area (Å²) in [6, 6.07) is 10.9. The third-order valence-electron chi connectivity index (χ3n) is 7.59. The number of anilines is 2. The molecule has 9 heteroatoms. The zero-order chi connectivity index (χ0) is 24.6. The van der Waals surface area contributed by atoms with E-state index in [1.54, 1.807) is 12.4 Å². The van der Waals surface area contributed by atoms with Crippen LogP contribution in [0.2, 0.25) is 0 Å². The number of rotatable bonds is 4. The Hall–Kier alpha value is -3.32. The highest BCUT2D eigenvalue weighted by molar-refractivity contribution is 5.92. The molecule has 0 bridgehead atoms. The molecule has 2 saturated heterocycles. The van der Waals surface area contributed by atoms with E-state index in [1.165, 1.54) is 11.3 Å². The van der Waals surface area contributed by atoms with Crippen LogP contribution in [0, 0.1) is 11.3 Å². The summed E-state index contributed by atoms with van der Waals surface area (Å²) in [6.45, 7) is 11.6. The van der Waals surface area contributed by atoms with Gasteiger partial charge in [-0.15, -0.1) is 0 Å². The van der Waals surface area contributed by atoms with Crippen LogP contribution in [0.3, 0.4) is 0 Å². The first-order valence-electron chi connectivity index (χ1n) is 12.8. The van der Waals surface area contributed by atoms with Crippen molar-refractivity contribution >= 4 is 22.5 Å². The van der Waals surface area contributed by atoms with Gasteiger partial charge in [0, 0.05) is 70.8 Å². The average molecular weight is 485 g/mol. The van der Waals surface area contributed by atoms with E-state index in [1.807, 2.05) is 12.1 Å². The molecule has 36 heavy (non-hydrogen) atoms. The fraction of sp³-hybridized carbons (Fsp3) is 0.481. The zero-order valence-electron chi connectivity index (χ0n) is 20.9. The Morgan fingerprint density at radius 1 is 1.00 bits per heavy atom. The number of piperazine rings is 1. The van der Waals surface area contributed by atoms with Gasteiger partial charge in [-0.05, 0) is 37.6 Å². The van der Waals surface area contributed by atoms with Crippen LogP contribution in [-0.2, 0) is 11.3 Å². The minimum Gasteiger partial charge on any atom is -0.370 e. The van der Waals surface area contributed by atoms with Gasteiger partial charge < -0.3 is 19.9 Å². The van der Waals surface area contributed by atoms with E-state index in [4.69, 9.17) is 9.72 Å². The van der Waals surface area contributed by atoms with Gasteiger partial charge in [0.05, 0.1) is 29.2 Å². The number of pyridine rings is 1. The van der Waals surface area contributed by atoms with E-state index in [-0.39, 0.29) is 12.2 Å². The summed E-state index contributed by atoms with van der Waals surface area (Å²) >= 11 is 0. The van der Waals surface area contributed by atoms with Crippen molar-refractivity contribution in [3.63, 3.8) is 0 Å². The van der Waals surface area contributed by atoms with Crippen LogP contribution in [0.25, 0.3) is 11.0 Å². The smallest absolute Gasteiger partial charge is 0.128 e. The van der Waals surface area contributed by atoms with Gasteiger partial charge in [-0.2, -0.15) is 5.26 Å². The molecule has 3 aliphatic heterocycles. The Labute approximate surface area is 211 Å². The molecule has 0 unspecified atom stereocenters. The van der Waals surface area contributed by atoms with E-state index < -0.39 is 0 Å². The number of nitrogens with zero attached hydrogens (tertiary/aromatic N) is 7. The Morgan fingerprint density at radius 3 is 2.61 bits per heavy atom. The van der Waals surface area contributed by atoms with Crippen LogP contribution < -0.4 is 15.1 Å². The van der Waals surface area contributed by atoms with Crippen molar-refractivity contribution in [2.45, 2.75) is 38.6 Å². The van der Waals surface area contributed by atoms with Crippen LogP contribution in [0.5, 0.6) is 0 Å². The molecule has 0 saturated carbocycles. The number of aromatic nitrogens is 3. The van der Waals surface area contributed by atoms with Gasteiger partial charge in [0.15, 0.2) is 0 Å². The van der Waals surface area contributed by atoms with E-state index in [0.29, 0.717) is 17.1 Å². The zero-order valence-corrected chi connectivity index (χ0v) is 20.9. The second-order valence-electron chi connectivity index (χ2n) is 10.1. The Bertz CT molecular complexity index is 1300. The summed E-state index contributed by atoms with van der Waals surface area (Å²) in [7, 11) is 0. The van der Waals surface area contributed by atoms with E-state index in [2.05, 4.69) is 62.0 Å². The molecule has 2 aromatic heterocycles. The Kier molecular flexibility index (Phi) is 6.17. The number of hydrogen-bond donors (Lipinski definition) is 1. The quantitative estimate of drug-likeness (QED) is 0.599. The molecule has 5 heterocycles. The standard InChI is InChI=1S/C27H32N8O/c1-18-15-35(24-5-3-20(13-28)26-27(24)30-8-7-29-26)17-21(36-18)16-33-9-11-34(12-10-33)25-6-4-22-19(2)31-14-23(22)32-25/h3-8,18-19,21,31H,9-12,14-17H2,1-2H3/t18-,19-,21+/m1/s1. The lowest BCUT2D eigenvalue weighted by Crippen LogP contribution is -2.54. The van der Waals surface area contributed by atoms with Gasteiger partial charge in [0.2, 0.25) is 0 Å². The molecule has 3 aromatic rings. The molecular weight excluding hydrogens is 452 g/mol. The van der Waals surface area contributed by atoms with Gasteiger partial charge in [0.25, 0.3) is 0 Å². The summed E-state index contributed by atoms with van der Waals surface area (Å²) in [6.07, 6.45) is 3.56. The first-order valence-corrected chi connectivity index (χ1v) is 12.8. The number of fused-ring (bicyclic) bond motifs is 2. The third kappa shape index (κ3) is 4.37. The molecule has 1 N–H and O–H groups in total. The summed E-state index contributed by atoms with van der Waals surface area (Å²) in [5.41, 5.74) is 5.53. The number of hydrogen-bond acceptors (Lipinski definition) is 9. The maximum Gasteiger partial charge on any atom is 0.128 e. The first-order chi connectivity index (χ1) is 17.6. The van der Waals surface area contributed by atoms with Crippen molar-refractivity contribution in [1.82, 2.24) is 25.2 Å². The largest absolute Gasteiger partial charge is 0.370 e. The number of morpholine rings is 1. The second-order valence-corrected chi connectivity index (χ2v) is 10.1. The average Bonchev–Trinajstić information content (AvgIpc) is 3.28. The second kappa shape index (κ2) is 9.62. The van der Waals surface area contributed by atoms with Crippen molar-refractivity contribution in [2.24, 2.45) is 0 Å². The Balaban J connectivity index is 1.11. The van der Waals surface area contributed by atoms with Crippen LogP contribution >= 0.6 is 0 Å². The van der Waals surface area contributed by atoms with Gasteiger partial charge >= 0.3 is 0 Å². The van der Waals surface area contributed by atoms with Gasteiger partial charge in [-0.3, -0.25) is 14.9 Å². The normalized spacial score (nSPS) is 24.6. The predicted octanol–water partition coefficient (Wildman–Crippen LogP) is 2.48. The molecule has 186 valence electrons. The highest BCUT2D eigenvalue weighted by Crippen LogP contribution is 2.29. The Morgan fingerprint density at radius 2 is 1.81 bits per heavy atom. The molecule has 3 atom stereocenters. The first kappa shape index (κ1) is 23.1. The predicted molar refractivity (Wildman–Crippen MR) is 139 cm³/mol. The SMILES string of the molecule is C[C@@H]1CN(c2ccc(C#N)c3nccnc23)C[C@H](CN2CCN(c3ccc4c(n3)CN[C@@H]4C)CC2)O1. The molecule has 9 nitrogen and oxygen atoms in total. The lowest BCUT2D eigenvalue weighted by Gasteiger charge is -2.42. The number of ether oxygens (including phenoxy) is 1. The summed E-state index contributed by atoms with van der Waals surface area (Å²) in [5, 5.41) is 13.0.